The predicted molar refractivity (Wildman–Crippen MR) is 60.8 cm³/mol. The summed E-state index contributed by atoms with van der Waals surface area (Å²) < 4.78 is 5.41. The van der Waals surface area contributed by atoms with Crippen LogP contribution in [-0.4, -0.2) is 28.2 Å². The molecule has 0 aromatic carbocycles. The van der Waals surface area contributed by atoms with Crippen molar-refractivity contribution in [1.29, 1.82) is 0 Å². The minimum Gasteiger partial charge on any atom is -0.444 e. The van der Waals surface area contributed by atoms with Gasteiger partial charge in [0.2, 0.25) is 0 Å². The number of carbonyl (C=O) groups excluding carboxylic acids is 1. The summed E-state index contributed by atoms with van der Waals surface area (Å²) in [5, 5.41) is 0. The minimum absolute atomic E-state index is 0.0677. The molecule has 1 fully saturated rings. The van der Waals surface area contributed by atoms with Gasteiger partial charge in [0.05, 0.1) is 0 Å². The van der Waals surface area contributed by atoms with E-state index in [1.807, 2.05) is 25.7 Å². The molecule has 0 aliphatic carbocycles. The Morgan fingerprint density at radius 1 is 1.40 bits per heavy atom. The molecule has 0 N–H and O–H groups in total. The molecule has 1 atom stereocenters. The second kappa shape index (κ2) is 3.69. The van der Waals surface area contributed by atoms with Crippen molar-refractivity contribution in [2.24, 2.45) is 0 Å². The fraction of sp³-hybridized carbons (Fsp3) is 0.917. The van der Waals surface area contributed by atoms with E-state index in [2.05, 4.69) is 20.8 Å². The Kier molecular flexibility index (Phi) is 3.04. The van der Waals surface area contributed by atoms with E-state index < -0.39 is 5.60 Å². The van der Waals surface area contributed by atoms with Crippen LogP contribution in [0, 0.1) is 0 Å². The fourth-order valence-electron chi connectivity index (χ4n) is 2.15. The van der Waals surface area contributed by atoms with Crippen LogP contribution in [0.5, 0.6) is 0 Å². The quantitative estimate of drug-likeness (QED) is 0.618. The van der Waals surface area contributed by atoms with Crippen molar-refractivity contribution < 1.29 is 9.53 Å². The summed E-state index contributed by atoms with van der Waals surface area (Å²) in [5.41, 5.74) is -0.475. The van der Waals surface area contributed by atoms with Crippen LogP contribution < -0.4 is 0 Å². The molecule has 1 aliphatic heterocycles. The molecule has 1 aliphatic rings. The van der Waals surface area contributed by atoms with Gasteiger partial charge in [-0.3, -0.25) is 0 Å². The summed E-state index contributed by atoms with van der Waals surface area (Å²) in [7, 11) is 0. The van der Waals surface area contributed by atoms with Crippen molar-refractivity contribution in [2.75, 3.05) is 0 Å². The molecule has 3 nitrogen and oxygen atoms in total. The zero-order chi connectivity index (χ0) is 11.9. The Hall–Kier alpha value is -0.730. The van der Waals surface area contributed by atoms with E-state index >= 15 is 0 Å². The molecule has 1 heterocycles. The highest BCUT2D eigenvalue weighted by Crippen LogP contribution is 2.34. The van der Waals surface area contributed by atoms with Gasteiger partial charge in [0.1, 0.15) is 5.60 Å². The highest BCUT2D eigenvalue weighted by molar-refractivity contribution is 5.70. The molecule has 15 heavy (non-hydrogen) atoms. The summed E-state index contributed by atoms with van der Waals surface area (Å²) >= 11 is 0. The largest absolute Gasteiger partial charge is 0.444 e. The molecule has 0 bridgehead atoms. The van der Waals surface area contributed by atoms with Gasteiger partial charge in [-0.05, 0) is 54.4 Å². The SMILES string of the molecule is CC1CCC(C)(C)N1C(=O)OC(C)(C)C. The number of amides is 1. The number of nitrogens with zero attached hydrogens (tertiary/aromatic N) is 1. The fourth-order valence-corrected chi connectivity index (χ4v) is 2.15. The van der Waals surface area contributed by atoms with E-state index in [1.165, 1.54) is 0 Å². The first-order valence-electron chi connectivity index (χ1n) is 5.66. The van der Waals surface area contributed by atoms with Crippen LogP contribution in [0.25, 0.3) is 0 Å². The maximum absolute atomic E-state index is 12.0. The minimum atomic E-state index is -0.407. The average Bonchev–Trinajstić information content (AvgIpc) is 2.21. The van der Waals surface area contributed by atoms with Gasteiger partial charge in [0.25, 0.3) is 0 Å². The van der Waals surface area contributed by atoms with Gasteiger partial charge in [-0.2, -0.15) is 0 Å². The lowest BCUT2D eigenvalue weighted by molar-refractivity contribution is 0.00556. The molecule has 0 saturated carbocycles. The van der Waals surface area contributed by atoms with Crippen molar-refractivity contribution in [1.82, 2.24) is 4.90 Å². The lowest BCUT2D eigenvalue weighted by Crippen LogP contribution is -2.48. The van der Waals surface area contributed by atoms with E-state index in [1.54, 1.807) is 0 Å². The molecule has 1 rings (SSSR count). The molecule has 0 aromatic heterocycles. The van der Waals surface area contributed by atoms with Gasteiger partial charge in [0.15, 0.2) is 0 Å². The molecular formula is C12H23NO2. The van der Waals surface area contributed by atoms with Crippen LogP contribution in [0.15, 0.2) is 0 Å². The lowest BCUT2D eigenvalue weighted by atomic mass is 10.0. The monoisotopic (exact) mass is 213 g/mol. The van der Waals surface area contributed by atoms with E-state index in [9.17, 15) is 4.79 Å². The smallest absolute Gasteiger partial charge is 0.410 e. The van der Waals surface area contributed by atoms with Crippen LogP contribution in [0.2, 0.25) is 0 Å². The molecule has 3 heteroatoms. The lowest BCUT2D eigenvalue weighted by Gasteiger charge is -2.36. The Balaban J connectivity index is 2.74. The van der Waals surface area contributed by atoms with Crippen LogP contribution >= 0.6 is 0 Å². The van der Waals surface area contributed by atoms with Gasteiger partial charge >= 0.3 is 6.09 Å². The number of hydrogen-bond donors (Lipinski definition) is 0. The molecule has 0 spiro atoms. The van der Waals surface area contributed by atoms with Gasteiger partial charge in [-0.1, -0.05) is 0 Å². The second-order valence-corrected chi connectivity index (χ2v) is 6.05. The summed E-state index contributed by atoms with van der Waals surface area (Å²) in [6.07, 6.45) is 1.93. The molecular weight excluding hydrogens is 190 g/mol. The van der Waals surface area contributed by atoms with Crippen molar-refractivity contribution in [3.05, 3.63) is 0 Å². The highest BCUT2D eigenvalue weighted by atomic mass is 16.6. The summed E-state index contributed by atoms with van der Waals surface area (Å²) in [6.45, 7) is 12.0. The third-order valence-corrected chi connectivity index (χ3v) is 2.86. The zero-order valence-electron chi connectivity index (χ0n) is 10.8. The maximum Gasteiger partial charge on any atom is 0.410 e. The van der Waals surface area contributed by atoms with Crippen molar-refractivity contribution in [3.8, 4) is 0 Å². The van der Waals surface area contributed by atoms with Gasteiger partial charge in [0, 0.05) is 11.6 Å². The number of ether oxygens (including phenoxy) is 1. The van der Waals surface area contributed by atoms with Gasteiger partial charge in [-0.15, -0.1) is 0 Å². The van der Waals surface area contributed by atoms with Crippen LogP contribution in [0.4, 0.5) is 4.79 Å². The second-order valence-electron chi connectivity index (χ2n) is 6.05. The Morgan fingerprint density at radius 3 is 2.27 bits per heavy atom. The average molecular weight is 213 g/mol. The van der Waals surface area contributed by atoms with Crippen molar-refractivity contribution >= 4 is 6.09 Å². The predicted octanol–water partition coefficient (Wildman–Crippen LogP) is 3.18. The van der Waals surface area contributed by atoms with E-state index in [0.29, 0.717) is 0 Å². The summed E-state index contributed by atoms with van der Waals surface area (Å²) in [5.74, 6) is 0. The number of likely N-dealkylation sites (tertiary alicyclic amines) is 1. The molecule has 88 valence electrons. The molecule has 1 saturated heterocycles. The van der Waals surface area contributed by atoms with Crippen LogP contribution in [0.3, 0.4) is 0 Å². The Bertz CT molecular complexity index is 253. The summed E-state index contributed by atoms with van der Waals surface area (Å²) in [4.78, 5) is 13.9. The molecule has 1 unspecified atom stereocenters. The number of rotatable bonds is 0. The Morgan fingerprint density at radius 2 is 1.93 bits per heavy atom. The Labute approximate surface area is 92.8 Å². The summed E-state index contributed by atoms with van der Waals surface area (Å²) in [6, 6.07) is 0.287. The molecule has 1 amide bonds. The van der Waals surface area contributed by atoms with Crippen LogP contribution in [0.1, 0.15) is 54.4 Å². The number of hydrogen-bond acceptors (Lipinski definition) is 2. The van der Waals surface area contributed by atoms with Crippen molar-refractivity contribution in [3.63, 3.8) is 0 Å². The first kappa shape index (κ1) is 12.3. The van der Waals surface area contributed by atoms with E-state index in [-0.39, 0.29) is 17.7 Å². The van der Waals surface area contributed by atoms with Crippen LogP contribution in [-0.2, 0) is 4.74 Å². The third-order valence-electron chi connectivity index (χ3n) is 2.86. The highest BCUT2D eigenvalue weighted by Gasteiger charge is 2.42. The topological polar surface area (TPSA) is 29.5 Å². The van der Waals surface area contributed by atoms with Crippen molar-refractivity contribution in [2.45, 2.75) is 71.6 Å². The molecule has 0 aromatic rings. The van der Waals surface area contributed by atoms with E-state index in [4.69, 9.17) is 4.74 Å². The first-order valence-corrected chi connectivity index (χ1v) is 5.66. The molecule has 0 radical (unpaired) electrons. The third kappa shape index (κ3) is 2.86. The van der Waals surface area contributed by atoms with Gasteiger partial charge < -0.3 is 9.64 Å². The standard InChI is InChI=1S/C12H23NO2/c1-9-7-8-12(5,6)13(9)10(14)15-11(2,3)4/h9H,7-8H2,1-6H3. The maximum atomic E-state index is 12.0. The zero-order valence-corrected chi connectivity index (χ0v) is 10.8. The van der Waals surface area contributed by atoms with Gasteiger partial charge in [-0.25, -0.2) is 4.79 Å². The number of carbonyl (C=O) groups is 1. The normalized spacial score (nSPS) is 25.5. The van der Waals surface area contributed by atoms with E-state index in [0.717, 1.165) is 12.8 Å². The first-order chi connectivity index (χ1) is 6.63.